The summed E-state index contributed by atoms with van der Waals surface area (Å²) in [7, 11) is 0. The summed E-state index contributed by atoms with van der Waals surface area (Å²) in [5, 5.41) is 22.1. The van der Waals surface area contributed by atoms with Crippen LogP contribution >= 0.6 is 0 Å². The monoisotopic (exact) mass is 312 g/mol. The molecule has 1 unspecified atom stereocenters. The number of nitrogens with one attached hydrogen (secondary N) is 1. The Hall–Kier alpha value is -3.37. The lowest BCUT2D eigenvalue weighted by atomic mass is 9.85. The molecule has 116 valence electrons. The Morgan fingerprint density at radius 1 is 0.958 bits per heavy atom. The van der Waals surface area contributed by atoms with Gasteiger partial charge in [-0.05, 0) is 18.1 Å². The summed E-state index contributed by atoms with van der Waals surface area (Å²) in [5.41, 5.74) is 2.58. The first kappa shape index (κ1) is 15.5. The normalized spacial score (nSPS) is 20.2. The third-order valence-electron chi connectivity index (χ3n) is 4.14. The molecule has 0 fully saturated rings. The minimum absolute atomic E-state index is 0.121. The van der Waals surface area contributed by atoms with Gasteiger partial charge in [-0.15, -0.1) is 0 Å². The molecule has 0 spiro atoms. The van der Waals surface area contributed by atoms with E-state index in [2.05, 4.69) is 16.4 Å². The van der Waals surface area contributed by atoms with Crippen molar-refractivity contribution in [1.82, 2.24) is 5.32 Å². The molecule has 3 rings (SSSR count). The van der Waals surface area contributed by atoms with Gasteiger partial charge in [0.25, 0.3) is 0 Å². The van der Waals surface area contributed by atoms with Gasteiger partial charge in [0.2, 0.25) is 0 Å². The first-order valence-corrected chi connectivity index (χ1v) is 7.67. The Kier molecular flexibility index (Phi) is 4.14. The molecule has 2 aromatic carbocycles. The standard InChI is InChI=1S/C20H16N4/c1-20(16-10-6-3-7-11-16)12-17(15-8-4-2-5-9-15)23-18(13-21)19(14-22)24-20/h2-11,24H,12H2,1H3. The van der Waals surface area contributed by atoms with Crippen LogP contribution in [0.5, 0.6) is 0 Å². The van der Waals surface area contributed by atoms with Gasteiger partial charge in [-0.1, -0.05) is 60.7 Å². The van der Waals surface area contributed by atoms with E-state index in [1.54, 1.807) is 0 Å². The maximum Gasteiger partial charge on any atom is 0.174 e. The smallest absolute Gasteiger partial charge is 0.174 e. The first-order valence-electron chi connectivity index (χ1n) is 7.67. The van der Waals surface area contributed by atoms with E-state index in [-0.39, 0.29) is 11.4 Å². The summed E-state index contributed by atoms with van der Waals surface area (Å²) in [6.45, 7) is 2.03. The predicted molar refractivity (Wildman–Crippen MR) is 92.8 cm³/mol. The molecular weight excluding hydrogens is 296 g/mol. The minimum atomic E-state index is -0.528. The molecule has 1 heterocycles. The van der Waals surface area contributed by atoms with Crippen LogP contribution in [0.1, 0.15) is 24.5 Å². The van der Waals surface area contributed by atoms with Crippen molar-refractivity contribution in [3.05, 3.63) is 83.2 Å². The van der Waals surface area contributed by atoms with Crippen molar-refractivity contribution in [1.29, 1.82) is 10.5 Å². The molecule has 0 bridgehead atoms. The fourth-order valence-corrected chi connectivity index (χ4v) is 2.88. The van der Waals surface area contributed by atoms with Crippen molar-refractivity contribution < 1.29 is 0 Å². The molecule has 0 aromatic heterocycles. The number of allylic oxidation sites excluding steroid dienone is 2. The van der Waals surface area contributed by atoms with Crippen molar-refractivity contribution in [2.24, 2.45) is 4.99 Å². The first-order chi connectivity index (χ1) is 11.7. The van der Waals surface area contributed by atoms with Gasteiger partial charge in [0.1, 0.15) is 12.1 Å². The lowest BCUT2D eigenvalue weighted by molar-refractivity contribution is 0.428. The molecule has 2 aromatic rings. The Morgan fingerprint density at radius 2 is 1.58 bits per heavy atom. The number of nitriles is 2. The van der Waals surface area contributed by atoms with Crippen LogP contribution < -0.4 is 5.32 Å². The number of hydrogen-bond acceptors (Lipinski definition) is 4. The molecule has 24 heavy (non-hydrogen) atoms. The molecule has 1 atom stereocenters. The van der Waals surface area contributed by atoms with Crippen molar-refractivity contribution in [3.8, 4) is 12.1 Å². The second kappa shape index (κ2) is 6.40. The molecule has 1 aliphatic rings. The number of aliphatic imine (C=N–C) groups is 1. The highest BCUT2D eigenvalue weighted by atomic mass is 15.0. The summed E-state index contributed by atoms with van der Waals surface area (Å²) in [5.74, 6) is 0. The van der Waals surface area contributed by atoms with Gasteiger partial charge in [-0.25, -0.2) is 4.99 Å². The van der Waals surface area contributed by atoms with Crippen molar-refractivity contribution in [2.45, 2.75) is 18.9 Å². The summed E-state index contributed by atoms with van der Waals surface area (Å²) >= 11 is 0. The number of rotatable bonds is 2. The number of benzene rings is 2. The van der Waals surface area contributed by atoms with Crippen molar-refractivity contribution in [3.63, 3.8) is 0 Å². The zero-order valence-corrected chi connectivity index (χ0v) is 13.3. The molecule has 4 heteroatoms. The largest absolute Gasteiger partial charge is 0.364 e. The van der Waals surface area contributed by atoms with Crippen LogP contribution in [-0.2, 0) is 5.54 Å². The average Bonchev–Trinajstić information content (AvgIpc) is 2.80. The summed E-state index contributed by atoms with van der Waals surface area (Å²) < 4.78 is 0. The van der Waals surface area contributed by atoms with Crippen molar-refractivity contribution in [2.75, 3.05) is 0 Å². The third kappa shape index (κ3) is 2.91. The SMILES string of the molecule is CC1(c2ccccc2)CC(c2ccccc2)=NC(C#N)=C(C#N)N1. The van der Waals surface area contributed by atoms with E-state index in [9.17, 15) is 10.5 Å². The van der Waals surface area contributed by atoms with Crippen LogP contribution in [0, 0.1) is 22.7 Å². The summed E-state index contributed by atoms with van der Waals surface area (Å²) in [6, 6.07) is 23.8. The Labute approximate surface area is 141 Å². The summed E-state index contributed by atoms with van der Waals surface area (Å²) in [4.78, 5) is 4.49. The zero-order chi connectivity index (χ0) is 17.0. The number of nitrogens with zero attached hydrogens (tertiary/aromatic N) is 3. The molecule has 0 radical (unpaired) electrons. The van der Waals surface area contributed by atoms with E-state index in [0.717, 1.165) is 16.8 Å². The maximum atomic E-state index is 9.46. The second-order valence-corrected chi connectivity index (χ2v) is 5.87. The third-order valence-corrected chi connectivity index (χ3v) is 4.14. The maximum absolute atomic E-state index is 9.46. The molecule has 0 saturated heterocycles. The molecular formula is C20H16N4. The van der Waals surface area contributed by atoms with Crippen LogP contribution in [0.2, 0.25) is 0 Å². The van der Waals surface area contributed by atoms with Gasteiger partial charge < -0.3 is 5.32 Å². The van der Waals surface area contributed by atoms with E-state index in [0.29, 0.717) is 6.42 Å². The van der Waals surface area contributed by atoms with Crippen LogP contribution in [0.25, 0.3) is 0 Å². The van der Waals surface area contributed by atoms with E-state index >= 15 is 0 Å². The van der Waals surface area contributed by atoms with Gasteiger partial charge in [0.05, 0.1) is 11.3 Å². The predicted octanol–water partition coefficient (Wildman–Crippen LogP) is 3.64. The summed E-state index contributed by atoms with van der Waals surface area (Å²) in [6.07, 6.45) is 0.567. The lowest BCUT2D eigenvalue weighted by Crippen LogP contribution is -2.40. The zero-order valence-electron chi connectivity index (χ0n) is 13.3. The number of hydrogen-bond donors (Lipinski definition) is 1. The van der Waals surface area contributed by atoms with E-state index in [1.165, 1.54) is 0 Å². The van der Waals surface area contributed by atoms with Crippen LogP contribution in [0.15, 0.2) is 77.1 Å². The second-order valence-electron chi connectivity index (χ2n) is 5.87. The van der Waals surface area contributed by atoms with Crippen molar-refractivity contribution >= 4 is 5.71 Å². The van der Waals surface area contributed by atoms with E-state index in [4.69, 9.17) is 0 Å². The van der Waals surface area contributed by atoms with E-state index < -0.39 is 5.54 Å². The average molecular weight is 312 g/mol. The van der Waals surface area contributed by atoms with Crippen LogP contribution in [0.4, 0.5) is 0 Å². The lowest BCUT2D eigenvalue weighted by Gasteiger charge is -2.31. The Morgan fingerprint density at radius 3 is 2.17 bits per heavy atom. The highest BCUT2D eigenvalue weighted by molar-refractivity contribution is 6.02. The molecule has 1 N–H and O–H groups in total. The van der Waals surface area contributed by atoms with Gasteiger partial charge in [-0.2, -0.15) is 10.5 Å². The molecule has 4 nitrogen and oxygen atoms in total. The topological polar surface area (TPSA) is 72.0 Å². The molecule has 0 amide bonds. The van der Waals surface area contributed by atoms with Gasteiger partial charge in [0.15, 0.2) is 11.4 Å². The quantitative estimate of drug-likeness (QED) is 0.920. The molecule has 1 aliphatic heterocycles. The van der Waals surface area contributed by atoms with Gasteiger partial charge >= 0.3 is 0 Å². The van der Waals surface area contributed by atoms with Gasteiger partial charge in [0, 0.05) is 6.42 Å². The molecule has 0 saturated carbocycles. The Balaban J connectivity index is 2.17. The minimum Gasteiger partial charge on any atom is -0.364 e. The molecule has 0 aliphatic carbocycles. The fraction of sp³-hybridized carbons (Fsp3) is 0.150. The highest BCUT2D eigenvalue weighted by Gasteiger charge is 2.33. The van der Waals surface area contributed by atoms with E-state index in [1.807, 2.05) is 73.7 Å². The van der Waals surface area contributed by atoms with Gasteiger partial charge in [-0.3, -0.25) is 0 Å². The van der Waals surface area contributed by atoms with Crippen LogP contribution in [-0.4, -0.2) is 5.71 Å². The fourth-order valence-electron chi connectivity index (χ4n) is 2.88. The Bertz CT molecular complexity index is 883. The van der Waals surface area contributed by atoms with Crippen LogP contribution in [0.3, 0.4) is 0 Å². The highest BCUT2D eigenvalue weighted by Crippen LogP contribution is 2.31.